The highest BCUT2D eigenvalue weighted by Gasteiger charge is 2.43. The van der Waals surface area contributed by atoms with Crippen LogP contribution in [0.15, 0.2) is 30.3 Å². The van der Waals surface area contributed by atoms with Crippen molar-refractivity contribution < 1.29 is 24.8 Å². The first-order valence-electron chi connectivity index (χ1n) is 5.51. The fourth-order valence-electron chi connectivity index (χ4n) is 1.74. The van der Waals surface area contributed by atoms with E-state index in [-0.39, 0.29) is 0 Å². The van der Waals surface area contributed by atoms with Crippen LogP contribution in [0.1, 0.15) is 6.92 Å². The van der Waals surface area contributed by atoms with Gasteiger partial charge in [-0.15, -0.1) is 0 Å². The molecule has 0 aromatic heterocycles. The summed E-state index contributed by atoms with van der Waals surface area (Å²) in [6.45, 7) is 1.61. The van der Waals surface area contributed by atoms with Crippen LogP contribution in [0.25, 0.3) is 0 Å². The number of rotatable bonds is 2. The predicted octanol–water partition coefficient (Wildman–Crippen LogP) is -0.107. The molecule has 5 nitrogen and oxygen atoms in total. The minimum absolute atomic E-state index is 0.535. The van der Waals surface area contributed by atoms with E-state index in [1.807, 2.05) is 6.07 Å². The van der Waals surface area contributed by atoms with Crippen molar-refractivity contribution in [3.63, 3.8) is 0 Å². The molecule has 0 spiro atoms. The van der Waals surface area contributed by atoms with E-state index in [1.54, 1.807) is 31.2 Å². The lowest BCUT2D eigenvalue weighted by molar-refractivity contribution is -0.268. The van der Waals surface area contributed by atoms with Crippen molar-refractivity contribution in [2.24, 2.45) is 0 Å². The minimum Gasteiger partial charge on any atom is -0.462 e. The number of hydrogen-bond acceptors (Lipinski definition) is 5. The van der Waals surface area contributed by atoms with Gasteiger partial charge in [0.2, 0.25) is 6.29 Å². The highest BCUT2D eigenvalue weighted by Crippen LogP contribution is 2.23. The smallest absolute Gasteiger partial charge is 0.229 e. The molecule has 0 radical (unpaired) electrons. The molecule has 1 unspecified atom stereocenters. The van der Waals surface area contributed by atoms with Gasteiger partial charge in [-0.1, -0.05) is 18.2 Å². The molecule has 3 N–H and O–H groups in total. The van der Waals surface area contributed by atoms with Gasteiger partial charge in [0.05, 0.1) is 6.10 Å². The molecule has 1 saturated heterocycles. The molecule has 1 aliphatic heterocycles. The number of hydrogen-bond donors (Lipinski definition) is 3. The van der Waals surface area contributed by atoms with Crippen LogP contribution in [-0.2, 0) is 4.74 Å². The van der Waals surface area contributed by atoms with Crippen LogP contribution in [0.4, 0.5) is 0 Å². The van der Waals surface area contributed by atoms with Gasteiger partial charge in [0.25, 0.3) is 0 Å². The maximum absolute atomic E-state index is 9.73. The first-order valence-corrected chi connectivity index (χ1v) is 5.51. The first-order chi connectivity index (χ1) is 8.09. The fourth-order valence-corrected chi connectivity index (χ4v) is 1.74. The quantitative estimate of drug-likeness (QED) is 0.672. The molecule has 1 aliphatic rings. The van der Waals surface area contributed by atoms with Crippen molar-refractivity contribution in [3.8, 4) is 5.75 Å². The van der Waals surface area contributed by atoms with Gasteiger partial charge in [0.15, 0.2) is 0 Å². The Hall–Kier alpha value is -1.14. The van der Waals surface area contributed by atoms with E-state index in [4.69, 9.17) is 9.47 Å². The Balaban J connectivity index is 2.06. The van der Waals surface area contributed by atoms with Gasteiger partial charge >= 0.3 is 0 Å². The van der Waals surface area contributed by atoms with Crippen molar-refractivity contribution in [1.82, 2.24) is 0 Å². The van der Waals surface area contributed by atoms with Crippen LogP contribution >= 0.6 is 0 Å². The zero-order chi connectivity index (χ0) is 12.4. The summed E-state index contributed by atoms with van der Waals surface area (Å²) in [5.41, 5.74) is 0. The molecule has 1 heterocycles. The predicted molar refractivity (Wildman–Crippen MR) is 59.4 cm³/mol. The second-order valence-electron chi connectivity index (χ2n) is 4.11. The molecule has 94 valence electrons. The van der Waals surface area contributed by atoms with Gasteiger partial charge in [-0.25, -0.2) is 0 Å². The molecule has 5 atom stereocenters. The number of benzene rings is 1. The van der Waals surface area contributed by atoms with Crippen LogP contribution < -0.4 is 4.74 Å². The first kappa shape index (κ1) is 12.3. The lowest BCUT2D eigenvalue weighted by Crippen LogP contribution is -2.58. The van der Waals surface area contributed by atoms with Gasteiger partial charge in [0, 0.05) is 0 Å². The third-order valence-electron chi connectivity index (χ3n) is 2.80. The number of ether oxygens (including phenoxy) is 2. The Bertz CT molecular complexity index is 355. The molecular weight excluding hydrogens is 224 g/mol. The van der Waals surface area contributed by atoms with Crippen molar-refractivity contribution >= 4 is 0 Å². The number of aliphatic hydroxyl groups excluding tert-OH is 3. The van der Waals surface area contributed by atoms with E-state index < -0.39 is 30.7 Å². The van der Waals surface area contributed by atoms with Crippen molar-refractivity contribution in [1.29, 1.82) is 0 Å². The second kappa shape index (κ2) is 5.01. The molecule has 0 bridgehead atoms. The van der Waals surface area contributed by atoms with E-state index in [0.29, 0.717) is 5.75 Å². The van der Waals surface area contributed by atoms with Crippen molar-refractivity contribution in [2.75, 3.05) is 0 Å². The maximum Gasteiger partial charge on any atom is 0.229 e. The Labute approximate surface area is 99.2 Å². The monoisotopic (exact) mass is 240 g/mol. The highest BCUT2D eigenvalue weighted by molar-refractivity contribution is 5.21. The summed E-state index contributed by atoms with van der Waals surface area (Å²) in [6.07, 6.45) is -5.23. The van der Waals surface area contributed by atoms with E-state index in [2.05, 4.69) is 0 Å². The molecule has 5 heteroatoms. The normalized spacial score (nSPS) is 37.8. The van der Waals surface area contributed by atoms with E-state index >= 15 is 0 Å². The topological polar surface area (TPSA) is 79.2 Å². The standard InChI is InChI=1S/C12H16O5/c1-7-9(13)10(14)11(15)12(16-7)17-8-5-3-2-4-6-8/h2-7,9-15H,1H3/t7-,9?,10+,11+,12+/m0/s1. The average molecular weight is 240 g/mol. The summed E-state index contributed by atoms with van der Waals surface area (Å²) in [6, 6.07) is 8.86. The van der Waals surface area contributed by atoms with E-state index in [9.17, 15) is 15.3 Å². The van der Waals surface area contributed by atoms with Crippen LogP contribution in [0.3, 0.4) is 0 Å². The summed E-state index contributed by atoms with van der Waals surface area (Å²) in [7, 11) is 0. The molecule has 2 rings (SSSR count). The minimum atomic E-state index is -1.28. The van der Waals surface area contributed by atoms with Crippen LogP contribution in [-0.4, -0.2) is 46.0 Å². The summed E-state index contributed by atoms with van der Waals surface area (Å²) >= 11 is 0. The van der Waals surface area contributed by atoms with E-state index in [0.717, 1.165) is 0 Å². The molecule has 0 saturated carbocycles. The average Bonchev–Trinajstić information content (AvgIpc) is 2.35. The summed E-state index contributed by atoms with van der Waals surface area (Å²) in [5, 5.41) is 28.8. The van der Waals surface area contributed by atoms with Crippen molar-refractivity contribution in [2.45, 2.75) is 37.6 Å². The molecular formula is C12H16O5. The van der Waals surface area contributed by atoms with Gasteiger partial charge < -0.3 is 24.8 Å². The summed E-state index contributed by atoms with van der Waals surface area (Å²) < 4.78 is 10.7. The van der Waals surface area contributed by atoms with E-state index in [1.165, 1.54) is 0 Å². The number of para-hydroxylation sites is 1. The summed E-state index contributed by atoms with van der Waals surface area (Å²) in [5.74, 6) is 0.535. The fraction of sp³-hybridized carbons (Fsp3) is 0.500. The third-order valence-corrected chi connectivity index (χ3v) is 2.80. The molecule has 17 heavy (non-hydrogen) atoms. The Morgan fingerprint density at radius 1 is 1.00 bits per heavy atom. The third kappa shape index (κ3) is 2.58. The largest absolute Gasteiger partial charge is 0.462 e. The Kier molecular flexibility index (Phi) is 3.63. The SMILES string of the molecule is C[C@@H]1O[C@H](Oc2ccccc2)[C@H](O)[C@H](O)C1O. The van der Waals surface area contributed by atoms with Crippen LogP contribution in [0.5, 0.6) is 5.75 Å². The number of aliphatic hydroxyl groups is 3. The lowest BCUT2D eigenvalue weighted by atomic mass is 10.00. The zero-order valence-corrected chi connectivity index (χ0v) is 9.43. The Morgan fingerprint density at radius 2 is 1.65 bits per heavy atom. The highest BCUT2D eigenvalue weighted by atomic mass is 16.7. The second-order valence-corrected chi connectivity index (χ2v) is 4.11. The molecule has 0 amide bonds. The molecule has 1 aromatic rings. The maximum atomic E-state index is 9.73. The van der Waals surface area contributed by atoms with Crippen LogP contribution in [0, 0.1) is 0 Å². The van der Waals surface area contributed by atoms with Crippen molar-refractivity contribution in [3.05, 3.63) is 30.3 Å². The van der Waals surface area contributed by atoms with Gasteiger partial charge in [-0.05, 0) is 19.1 Å². The molecule has 1 aromatic carbocycles. The lowest BCUT2D eigenvalue weighted by Gasteiger charge is -2.38. The summed E-state index contributed by atoms with van der Waals surface area (Å²) in [4.78, 5) is 0. The van der Waals surface area contributed by atoms with Gasteiger partial charge in [-0.3, -0.25) is 0 Å². The zero-order valence-electron chi connectivity index (χ0n) is 9.43. The molecule has 0 aliphatic carbocycles. The van der Waals surface area contributed by atoms with Gasteiger partial charge in [-0.2, -0.15) is 0 Å². The Morgan fingerprint density at radius 3 is 2.29 bits per heavy atom. The van der Waals surface area contributed by atoms with Crippen LogP contribution in [0.2, 0.25) is 0 Å². The van der Waals surface area contributed by atoms with Gasteiger partial charge in [0.1, 0.15) is 24.1 Å². The molecule has 1 fully saturated rings.